The zero-order valence-corrected chi connectivity index (χ0v) is 15.7. The number of fused-ring (bicyclic) bond motifs is 1. The molecule has 2 heterocycles. The van der Waals surface area contributed by atoms with Crippen LogP contribution in [0.25, 0.3) is 10.9 Å². The van der Waals surface area contributed by atoms with Gasteiger partial charge in [0.2, 0.25) is 0 Å². The number of aromatic amines is 1. The van der Waals surface area contributed by atoms with Crippen LogP contribution >= 0.6 is 0 Å². The number of hydrogen-bond donors (Lipinski definition) is 3. The van der Waals surface area contributed by atoms with Crippen molar-refractivity contribution in [3.05, 3.63) is 65.4 Å². The molecule has 2 aromatic heterocycles. The third-order valence-electron chi connectivity index (χ3n) is 4.71. The smallest absolute Gasteiger partial charge is 0.267 e. The third kappa shape index (κ3) is 3.57. The molecule has 0 aliphatic heterocycles. The third-order valence-corrected chi connectivity index (χ3v) is 4.71. The van der Waals surface area contributed by atoms with Gasteiger partial charge in [-0.15, -0.1) is 5.10 Å². The zero-order valence-electron chi connectivity index (χ0n) is 15.7. The van der Waals surface area contributed by atoms with E-state index in [2.05, 4.69) is 67.1 Å². The molecule has 1 amide bonds. The molecule has 0 saturated carbocycles. The van der Waals surface area contributed by atoms with E-state index >= 15 is 0 Å². The quantitative estimate of drug-likeness (QED) is 0.481. The summed E-state index contributed by atoms with van der Waals surface area (Å²) in [4.78, 5) is 12.5. The maximum Gasteiger partial charge on any atom is 0.267 e. The summed E-state index contributed by atoms with van der Waals surface area (Å²) in [6, 6.07) is 13.5. The van der Waals surface area contributed by atoms with Crippen LogP contribution in [0.2, 0.25) is 0 Å². The molecule has 142 valence electrons. The van der Waals surface area contributed by atoms with Gasteiger partial charge in [-0.25, -0.2) is 0 Å². The van der Waals surface area contributed by atoms with E-state index in [0.29, 0.717) is 18.1 Å². The number of nitrogens with one attached hydrogen (secondary N) is 3. The molecule has 0 bridgehead atoms. The van der Waals surface area contributed by atoms with E-state index in [1.807, 2.05) is 19.2 Å². The van der Waals surface area contributed by atoms with Gasteiger partial charge in [-0.2, -0.15) is 5.21 Å². The number of aryl methyl sites for hydroxylation is 2. The molecule has 0 radical (unpaired) electrons. The standard InChI is InChI=1S/C20H21N7O/c1-13-5-3-8-17-18(13)15(12-27(17)2)9-10-21-19(28)14-6-4-7-16(11-14)22-20-23-25-26-24-20/h3-8,11-12H,9-10H2,1-2H3,(H,21,28)(H2,22,23,24,25,26). The molecule has 28 heavy (non-hydrogen) atoms. The number of amides is 1. The topological polar surface area (TPSA) is 101 Å². The lowest BCUT2D eigenvalue weighted by molar-refractivity contribution is 0.0954. The van der Waals surface area contributed by atoms with Gasteiger partial charge in [0, 0.05) is 41.9 Å². The Morgan fingerprint density at radius 1 is 1.21 bits per heavy atom. The fourth-order valence-electron chi connectivity index (χ4n) is 3.42. The summed E-state index contributed by atoms with van der Waals surface area (Å²) >= 11 is 0. The molecule has 0 aliphatic carbocycles. The monoisotopic (exact) mass is 375 g/mol. The van der Waals surface area contributed by atoms with Crippen molar-refractivity contribution in [3.63, 3.8) is 0 Å². The Morgan fingerprint density at radius 2 is 2.07 bits per heavy atom. The van der Waals surface area contributed by atoms with E-state index in [4.69, 9.17) is 0 Å². The van der Waals surface area contributed by atoms with Gasteiger partial charge >= 0.3 is 0 Å². The Balaban J connectivity index is 1.41. The van der Waals surface area contributed by atoms with Gasteiger partial charge in [-0.3, -0.25) is 4.79 Å². The normalized spacial score (nSPS) is 10.9. The summed E-state index contributed by atoms with van der Waals surface area (Å²) in [5.41, 5.74) is 4.99. The first-order valence-corrected chi connectivity index (χ1v) is 9.04. The molecule has 8 heteroatoms. The van der Waals surface area contributed by atoms with E-state index in [-0.39, 0.29) is 5.91 Å². The van der Waals surface area contributed by atoms with Crippen LogP contribution in [0.1, 0.15) is 21.5 Å². The van der Waals surface area contributed by atoms with E-state index < -0.39 is 0 Å². The number of benzene rings is 2. The van der Waals surface area contributed by atoms with Gasteiger partial charge in [0.25, 0.3) is 11.9 Å². The molecule has 0 unspecified atom stereocenters. The molecule has 0 atom stereocenters. The SMILES string of the molecule is Cc1cccc2c1c(CCNC(=O)c1cccc(Nc3nn[nH]n3)c1)cn2C. The molecular formula is C20H21N7O. The molecule has 2 aromatic carbocycles. The molecular weight excluding hydrogens is 354 g/mol. The van der Waals surface area contributed by atoms with E-state index in [1.165, 1.54) is 22.0 Å². The van der Waals surface area contributed by atoms with Crippen LogP contribution in [-0.4, -0.2) is 37.6 Å². The Morgan fingerprint density at radius 3 is 2.89 bits per heavy atom. The molecule has 3 N–H and O–H groups in total. The average Bonchev–Trinajstić information content (AvgIpc) is 3.31. The molecule has 0 fully saturated rings. The fraction of sp³-hybridized carbons (Fsp3) is 0.200. The number of rotatable bonds is 6. The van der Waals surface area contributed by atoms with Crippen molar-refractivity contribution in [3.8, 4) is 0 Å². The molecule has 8 nitrogen and oxygen atoms in total. The summed E-state index contributed by atoms with van der Waals surface area (Å²) < 4.78 is 2.13. The van der Waals surface area contributed by atoms with E-state index in [1.54, 1.807) is 12.1 Å². The number of carbonyl (C=O) groups is 1. The fourth-order valence-corrected chi connectivity index (χ4v) is 3.42. The molecule has 0 saturated heterocycles. The minimum absolute atomic E-state index is 0.117. The van der Waals surface area contributed by atoms with Gasteiger partial charge in [-0.05, 0) is 54.0 Å². The number of H-pyrrole nitrogens is 1. The van der Waals surface area contributed by atoms with Crippen LogP contribution < -0.4 is 10.6 Å². The Kier molecular flexibility index (Phi) is 4.76. The van der Waals surface area contributed by atoms with Crippen LogP contribution in [0, 0.1) is 6.92 Å². The lowest BCUT2D eigenvalue weighted by Crippen LogP contribution is -2.25. The van der Waals surface area contributed by atoms with Crippen LogP contribution in [0.3, 0.4) is 0 Å². The summed E-state index contributed by atoms with van der Waals surface area (Å²) in [5.74, 6) is 0.234. The van der Waals surface area contributed by atoms with E-state index in [0.717, 1.165) is 12.1 Å². The summed E-state index contributed by atoms with van der Waals surface area (Å²) in [5, 5.41) is 20.8. The minimum Gasteiger partial charge on any atom is -0.352 e. The van der Waals surface area contributed by atoms with Crippen LogP contribution in [0.4, 0.5) is 11.6 Å². The highest BCUT2D eigenvalue weighted by molar-refractivity contribution is 5.95. The highest BCUT2D eigenvalue weighted by atomic mass is 16.1. The van der Waals surface area contributed by atoms with Gasteiger partial charge in [0.05, 0.1) is 0 Å². The molecule has 0 aliphatic rings. The van der Waals surface area contributed by atoms with Crippen molar-refractivity contribution >= 4 is 28.4 Å². The molecule has 4 rings (SSSR count). The average molecular weight is 375 g/mol. The largest absolute Gasteiger partial charge is 0.352 e. The second-order valence-electron chi connectivity index (χ2n) is 6.68. The highest BCUT2D eigenvalue weighted by Gasteiger charge is 2.10. The first-order chi connectivity index (χ1) is 13.6. The number of tetrazole rings is 1. The first kappa shape index (κ1) is 17.7. The summed E-state index contributed by atoms with van der Waals surface area (Å²) in [6.07, 6.45) is 2.91. The van der Waals surface area contributed by atoms with Gasteiger partial charge < -0.3 is 15.2 Å². The second kappa shape index (κ2) is 7.51. The van der Waals surface area contributed by atoms with E-state index in [9.17, 15) is 4.79 Å². The van der Waals surface area contributed by atoms with Crippen molar-refractivity contribution in [2.45, 2.75) is 13.3 Å². The Labute approximate surface area is 162 Å². The van der Waals surface area contributed by atoms with Crippen molar-refractivity contribution in [2.75, 3.05) is 11.9 Å². The maximum atomic E-state index is 12.5. The van der Waals surface area contributed by atoms with Gasteiger partial charge in [-0.1, -0.05) is 23.3 Å². The van der Waals surface area contributed by atoms with Crippen molar-refractivity contribution in [2.24, 2.45) is 7.05 Å². The predicted molar refractivity (Wildman–Crippen MR) is 108 cm³/mol. The number of anilines is 2. The Hall–Kier alpha value is -3.68. The highest BCUT2D eigenvalue weighted by Crippen LogP contribution is 2.24. The molecule has 4 aromatic rings. The van der Waals surface area contributed by atoms with Crippen LogP contribution in [-0.2, 0) is 13.5 Å². The number of carbonyl (C=O) groups excluding carboxylic acids is 1. The van der Waals surface area contributed by atoms with Crippen molar-refractivity contribution < 1.29 is 4.79 Å². The van der Waals surface area contributed by atoms with Gasteiger partial charge in [0.1, 0.15) is 0 Å². The van der Waals surface area contributed by atoms with Crippen LogP contribution in [0.5, 0.6) is 0 Å². The van der Waals surface area contributed by atoms with Crippen molar-refractivity contribution in [1.82, 2.24) is 30.5 Å². The molecule has 0 spiro atoms. The van der Waals surface area contributed by atoms with Crippen molar-refractivity contribution in [1.29, 1.82) is 0 Å². The lowest BCUT2D eigenvalue weighted by Gasteiger charge is -2.07. The zero-order chi connectivity index (χ0) is 19.5. The number of hydrogen-bond acceptors (Lipinski definition) is 5. The number of nitrogens with zero attached hydrogens (tertiary/aromatic N) is 4. The number of aromatic nitrogens is 5. The predicted octanol–water partition coefficient (Wildman–Crippen LogP) is 2.72. The summed E-state index contributed by atoms with van der Waals surface area (Å²) in [7, 11) is 2.05. The van der Waals surface area contributed by atoms with Crippen LogP contribution in [0.15, 0.2) is 48.7 Å². The van der Waals surface area contributed by atoms with Gasteiger partial charge in [0.15, 0.2) is 0 Å². The first-order valence-electron chi connectivity index (χ1n) is 9.04. The lowest BCUT2D eigenvalue weighted by atomic mass is 10.1. The second-order valence-corrected chi connectivity index (χ2v) is 6.68. The summed E-state index contributed by atoms with van der Waals surface area (Å²) in [6.45, 7) is 2.68. The maximum absolute atomic E-state index is 12.5. The minimum atomic E-state index is -0.117. The Bertz CT molecular complexity index is 1120.